The minimum absolute atomic E-state index is 0.0229. The third-order valence-corrected chi connectivity index (χ3v) is 2.73. The van der Waals surface area contributed by atoms with Crippen molar-refractivity contribution >= 4 is 40.5 Å². The first-order valence-electron chi connectivity index (χ1n) is 3.58. The number of nitrogens with zero attached hydrogens (tertiary/aromatic N) is 1. The molecule has 0 radical (unpaired) electrons. The highest BCUT2D eigenvalue weighted by Gasteiger charge is 2.17. The molecule has 0 N–H and O–H groups in total. The molecule has 0 aromatic carbocycles. The Kier molecular flexibility index (Phi) is 4.18. The second kappa shape index (κ2) is 4.97. The fourth-order valence-corrected chi connectivity index (χ4v) is 1.77. The summed E-state index contributed by atoms with van der Waals surface area (Å²) in [6, 6.07) is 1.45. The molecule has 0 unspecified atom stereocenters. The van der Waals surface area contributed by atoms with Crippen molar-refractivity contribution < 1.29 is 13.6 Å². The third kappa shape index (κ3) is 2.38. The molecule has 0 spiro atoms. The van der Waals surface area contributed by atoms with Gasteiger partial charge in [0.2, 0.25) is 0 Å². The monoisotopic (exact) mass is 331 g/mol. The van der Waals surface area contributed by atoms with E-state index in [0.717, 1.165) is 0 Å². The summed E-state index contributed by atoms with van der Waals surface area (Å²) in [5.41, 5.74) is -0.131. The largest absolute Gasteiger partial charge is 0.296 e. The van der Waals surface area contributed by atoms with Gasteiger partial charge in [0.25, 0.3) is 6.43 Å². The average molecular weight is 331 g/mol. The van der Waals surface area contributed by atoms with Crippen LogP contribution in [0.1, 0.15) is 28.2 Å². The first-order chi connectivity index (χ1) is 6.60. The van der Waals surface area contributed by atoms with Crippen LogP contribution in [0.25, 0.3) is 0 Å². The molecular formula is C8H5ClF2INO. The molecule has 1 rings (SSSR count). The van der Waals surface area contributed by atoms with Crippen molar-refractivity contribution in [3.8, 4) is 0 Å². The number of alkyl halides is 3. The van der Waals surface area contributed by atoms with Gasteiger partial charge in [0.15, 0.2) is 6.29 Å². The summed E-state index contributed by atoms with van der Waals surface area (Å²) in [5.74, 6) is -0.0399. The average Bonchev–Trinajstić information content (AvgIpc) is 2.16. The van der Waals surface area contributed by atoms with E-state index in [1.54, 1.807) is 0 Å². The quantitative estimate of drug-likeness (QED) is 0.484. The van der Waals surface area contributed by atoms with Gasteiger partial charge in [-0.25, -0.2) is 13.8 Å². The highest BCUT2D eigenvalue weighted by atomic mass is 127. The molecule has 14 heavy (non-hydrogen) atoms. The Hall–Kier alpha value is -0.300. The van der Waals surface area contributed by atoms with Crippen LogP contribution < -0.4 is 0 Å². The van der Waals surface area contributed by atoms with Gasteiger partial charge >= 0.3 is 0 Å². The van der Waals surface area contributed by atoms with Gasteiger partial charge in [-0.05, 0) is 34.2 Å². The van der Waals surface area contributed by atoms with Gasteiger partial charge in [-0.2, -0.15) is 0 Å². The van der Waals surface area contributed by atoms with Gasteiger partial charge in [0.1, 0.15) is 11.4 Å². The standard InChI is InChI=1S/C8H5ClF2INO/c9-2-4-1-5(12)6(3-14)13-7(4)8(10)11/h1,3,8H,2H2. The van der Waals surface area contributed by atoms with Crippen LogP contribution in [0.2, 0.25) is 0 Å². The maximum absolute atomic E-state index is 12.4. The summed E-state index contributed by atoms with van der Waals surface area (Å²) < 4.78 is 25.4. The molecule has 0 fully saturated rings. The van der Waals surface area contributed by atoms with Crippen LogP contribution in [-0.2, 0) is 5.88 Å². The van der Waals surface area contributed by atoms with Crippen LogP contribution in [0.15, 0.2) is 6.07 Å². The van der Waals surface area contributed by atoms with Crippen molar-refractivity contribution in [2.45, 2.75) is 12.3 Å². The Morgan fingerprint density at radius 3 is 2.71 bits per heavy atom. The van der Waals surface area contributed by atoms with E-state index in [4.69, 9.17) is 11.6 Å². The topological polar surface area (TPSA) is 30.0 Å². The Balaban J connectivity index is 3.32. The Labute approximate surface area is 97.8 Å². The second-order valence-corrected chi connectivity index (χ2v) is 3.88. The third-order valence-electron chi connectivity index (χ3n) is 1.58. The van der Waals surface area contributed by atoms with E-state index in [9.17, 15) is 13.6 Å². The maximum Gasteiger partial charge on any atom is 0.280 e. The zero-order valence-corrected chi connectivity index (χ0v) is 9.72. The van der Waals surface area contributed by atoms with Crippen LogP contribution >= 0.6 is 34.2 Å². The van der Waals surface area contributed by atoms with Gasteiger partial charge in [0.05, 0.1) is 0 Å². The highest BCUT2D eigenvalue weighted by Crippen LogP contribution is 2.24. The molecule has 1 heterocycles. The van der Waals surface area contributed by atoms with E-state index < -0.39 is 12.1 Å². The predicted molar refractivity (Wildman–Crippen MR) is 56.9 cm³/mol. The molecule has 0 aliphatic carbocycles. The highest BCUT2D eigenvalue weighted by molar-refractivity contribution is 14.1. The van der Waals surface area contributed by atoms with Crippen LogP contribution in [0.3, 0.4) is 0 Å². The lowest BCUT2D eigenvalue weighted by atomic mass is 10.2. The molecule has 0 bridgehead atoms. The van der Waals surface area contributed by atoms with E-state index >= 15 is 0 Å². The minimum Gasteiger partial charge on any atom is -0.296 e. The number of halogens is 4. The molecule has 0 saturated heterocycles. The summed E-state index contributed by atoms with van der Waals surface area (Å²) in [6.45, 7) is 0. The van der Waals surface area contributed by atoms with Crippen LogP contribution in [-0.4, -0.2) is 11.3 Å². The second-order valence-electron chi connectivity index (χ2n) is 2.45. The Morgan fingerprint density at radius 1 is 1.64 bits per heavy atom. The molecule has 0 aliphatic heterocycles. The van der Waals surface area contributed by atoms with Crippen molar-refractivity contribution in [1.29, 1.82) is 0 Å². The van der Waals surface area contributed by atoms with Crippen LogP contribution in [0, 0.1) is 3.57 Å². The number of carbonyl (C=O) groups excluding carboxylic acids is 1. The predicted octanol–water partition coefficient (Wildman–Crippen LogP) is 3.18. The van der Waals surface area contributed by atoms with Gasteiger partial charge in [-0.3, -0.25) is 4.79 Å². The number of rotatable bonds is 3. The number of hydrogen-bond acceptors (Lipinski definition) is 2. The zero-order valence-electron chi connectivity index (χ0n) is 6.81. The lowest BCUT2D eigenvalue weighted by Gasteiger charge is -2.07. The molecule has 0 saturated carbocycles. The number of hydrogen-bond donors (Lipinski definition) is 0. The molecular weight excluding hydrogens is 326 g/mol. The summed E-state index contributed by atoms with van der Waals surface area (Å²) in [5, 5.41) is 0. The maximum atomic E-state index is 12.4. The first kappa shape index (κ1) is 11.8. The Bertz CT molecular complexity index is 359. The molecule has 0 atom stereocenters. The van der Waals surface area contributed by atoms with E-state index in [1.807, 2.05) is 22.6 Å². The fraction of sp³-hybridized carbons (Fsp3) is 0.250. The molecule has 0 aliphatic rings. The summed E-state index contributed by atoms with van der Waals surface area (Å²) >= 11 is 7.33. The zero-order chi connectivity index (χ0) is 10.7. The number of aromatic nitrogens is 1. The number of carbonyl (C=O) groups is 1. The summed E-state index contributed by atoms with van der Waals surface area (Å²) in [6.07, 6.45) is -2.26. The summed E-state index contributed by atoms with van der Waals surface area (Å²) in [7, 11) is 0. The van der Waals surface area contributed by atoms with Crippen molar-refractivity contribution in [3.63, 3.8) is 0 Å². The number of pyridine rings is 1. The fourth-order valence-electron chi connectivity index (χ4n) is 0.934. The van der Waals surface area contributed by atoms with Gasteiger partial charge in [0, 0.05) is 9.45 Å². The normalized spacial score (nSPS) is 10.6. The van der Waals surface area contributed by atoms with E-state index in [-0.39, 0.29) is 17.1 Å². The number of aldehydes is 1. The van der Waals surface area contributed by atoms with E-state index in [1.165, 1.54) is 6.07 Å². The molecule has 1 aromatic heterocycles. The lowest BCUT2D eigenvalue weighted by Crippen LogP contribution is -2.03. The van der Waals surface area contributed by atoms with Crippen molar-refractivity contribution in [3.05, 3.63) is 26.6 Å². The van der Waals surface area contributed by atoms with Gasteiger partial charge in [-0.15, -0.1) is 11.6 Å². The van der Waals surface area contributed by atoms with Crippen molar-refractivity contribution in [2.24, 2.45) is 0 Å². The smallest absolute Gasteiger partial charge is 0.280 e. The van der Waals surface area contributed by atoms with Gasteiger partial charge in [-0.1, -0.05) is 0 Å². The molecule has 0 amide bonds. The molecule has 1 aromatic rings. The van der Waals surface area contributed by atoms with Gasteiger partial charge < -0.3 is 0 Å². The lowest BCUT2D eigenvalue weighted by molar-refractivity contribution is 0.111. The van der Waals surface area contributed by atoms with E-state index in [0.29, 0.717) is 9.86 Å². The van der Waals surface area contributed by atoms with Crippen molar-refractivity contribution in [1.82, 2.24) is 4.98 Å². The summed E-state index contributed by atoms with van der Waals surface area (Å²) in [4.78, 5) is 14.0. The first-order valence-corrected chi connectivity index (χ1v) is 5.20. The van der Waals surface area contributed by atoms with E-state index in [2.05, 4.69) is 4.98 Å². The van der Waals surface area contributed by atoms with Crippen LogP contribution in [0.5, 0.6) is 0 Å². The molecule has 6 heteroatoms. The van der Waals surface area contributed by atoms with Crippen LogP contribution in [0.4, 0.5) is 8.78 Å². The SMILES string of the molecule is O=Cc1nc(C(F)F)c(CCl)cc1I. The minimum atomic E-state index is -2.71. The van der Waals surface area contributed by atoms with Crippen molar-refractivity contribution in [2.75, 3.05) is 0 Å². The molecule has 76 valence electrons. The molecule has 2 nitrogen and oxygen atoms in total. The Morgan fingerprint density at radius 2 is 2.29 bits per heavy atom.